The van der Waals surface area contributed by atoms with E-state index in [0.29, 0.717) is 18.7 Å². The van der Waals surface area contributed by atoms with Gasteiger partial charge in [0.15, 0.2) is 0 Å². The summed E-state index contributed by atoms with van der Waals surface area (Å²) in [5, 5.41) is 8.94. The first-order valence-corrected chi connectivity index (χ1v) is 9.55. The van der Waals surface area contributed by atoms with Gasteiger partial charge in [-0.2, -0.15) is 5.26 Å². The van der Waals surface area contributed by atoms with Gasteiger partial charge in [0.05, 0.1) is 5.56 Å². The molecule has 0 amide bonds. The van der Waals surface area contributed by atoms with E-state index in [9.17, 15) is 0 Å². The van der Waals surface area contributed by atoms with Crippen LogP contribution in [-0.4, -0.2) is 11.5 Å². The van der Waals surface area contributed by atoms with E-state index in [1.54, 1.807) is 12.3 Å². The van der Waals surface area contributed by atoms with E-state index < -0.39 is 0 Å². The molecule has 0 radical (unpaired) electrons. The summed E-state index contributed by atoms with van der Waals surface area (Å²) in [6, 6.07) is 21.9. The van der Waals surface area contributed by atoms with E-state index in [-0.39, 0.29) is 0 Å². The third-order valence-corrected chi connectivity index (χ3v) is 4.69. The molecule has 3 rings (SSSR count). The third-order valence-electron chi connectivity index (χ3n) is 4.20. The quantitative estimate of drug-likeness (QED) is 0.517. The van der Waals surface area contributed by atoms with Gasteiger partial charge in [0.1, 0.15) is 24.2 Å². The summed E-state index contributed by atoms with van der Waals surface area (Å²) >= 11 is 3.49. The number of nitrogens with zero attached hydrogens (tertiary/aromatic N) is 3. The van der Waals surface area contributed by atoms with Crippen molar-refractivity contribution < 1.29 is 4.74 Å². The summed E-state index contributed by atoms with van der Waals surface area (Å²) in [5.74, 6) is 1.71. The van der Waals surface area contributed by atoms with Crippen molar-refractivity contribution in [3.63, 3.8) is 0 Å². The van der Waals surface area contributed by atoms with Crippen LogP contribution in [0.15, 0.2) is 71.3 Å². The minimum Gasteiger partial charge on any atom is -0.489 e. The van der Waals surface area contributed by atoms with Crippen molar-refractivity contribution in [2.45, 2.75) is 20.1 Å². The van der Waals surface area contributed by atoms with Crippen molar-refractivity contribution in [1.29, 1.82) is 5.26 Å². The number of benzene rings is 2. The van der Waals surface area contributed by atoms with Gasteiger partial charge in [-0.3, -0.25) is 0 Å². The summed E-state index contributed by atoms with van der Waals surface area (Å²) in [6.45, 7) is 4.09. The number of halogens is 1. The lowest BCUT2D eigenvalue weighted by atomic mass is 10.1. The standard InChI is InChI=1S/C22H20BrN3O/c1-2-26(22-11-10-18(13-24)14-25-22)15-19-7-3-4-9-21(19)27-16-17-6-5-8-20(23)12-17/h3-12,14H,2,15-16H2,1H3. The predicted molar refractivity (Wildman–Crippen MR) is 111 cm³/mol. The first-order valence-electron chi connectivity index (χ1n) is 8.76. The van der Waals surface area contributed by atoms with Crippen molar-refractivity contribution in [2.24, 2.45) is 0 Å². The molecule has 136 valence electrons. The number of anilines is 1. The van der Waals surface area contributed by atoms with Crippen LogP contribution in [0.1, 0.15) is 23.6 Å². The first kappa shape index (κ1) is 18.9. The highest BCUT2D eigenvalue weighted by atomic mass is 79.9. The van der Waals surface area contributed by atoms with Crippen LogP contribution in [0.4, 0.5) is 5.82 Å². The fourth-order valence-electron chi connectivity index (χ4n) is 2.76. The lowest BCUT2D eigenvalue weighted by Crippen LogP contribution is -2.23. The summed E-state index contributed by atoms with van der Waals surface area (Å²) in [7, 11) is 0. The molecule has 5 heteroatoms. The highest BCUT2D eigenvalue weighted by molar-refractivity contribution is 9.10. The van der Waals surface area contributed by atoms with Crippen LogP contribution in [0, 0.1) is 11.3 Å². The number of pyridine rings is 1. The van der Waals surface area contributed by atoms with Gasteiger partial charge in [-0.25, -0.2) is 4.98 Å². The average Bonchev–Trinajstić information content (AvgIpc) is 2.71. The van der Waals surface area contributed by atoms with Gasteiger partial charge in [0.25, 0.3) is 0 Å². The van der Waals surface area contributed by atoms with E-state index >= 15 is 0 Å². The van der Waals surface area contributed by atoms with Crippen LogP contribution in [-0.2, 0) is 13.2 Å². The van der Waals surface area contributed by atoms with Gasteiger partial charge >= 0.3 is 0 Å². The first-order chi connectivity index (χ1) is 13.2. The molecule has 2 aromatic carbocycles. The zero-order valence-electron chi connectivity index (χ0n) is 15.1. The molecular formula is C22H20BrN3O. The van der Waals surface area contributed by atoms with Crippen molar-refractivity contribution in [3.8, 4) is 11.8 Å². The Labute approximate surface area is 168 Å². The largest absolute Gasteiger partial charge is 0.489 e. The minimum absolute atomic E-state index is 0.512. The Kier molecular flexibility index (Phi) is 6.45. The molecule has 0 fully saturated rings. The van der Waals surface area contributed by atoms with Crippen molar-refractivity contribution >= 4 is 21.7 Å². The molecule has 0 aliphatic heterocycles. The topological polar surface area (TPSA) is 49.1 Å². The number of rotatable bonds is 7. The lowest BCUT2D eigenvalue weighted by Gasteiger charge is -2.23. The zero-order chi connectivity index (χ0) is 19.1. The van der Waals surface area contributed by atoms with Crippen molar-refractivity contribution in [2.75, 3.05) is 11.4 Å². The normalized spacial score (nSPS) is 10.3. The Morgan fingerprint density at radius 3 is 2.67 bits per heavy atom. The van der Waals surface area contributed by atoms with Gasteiger partial charge < -0.3 is 9.64 Å². The van der Waals surface area contributed by atoms with Gasteiger partial charge in [0, 0.05) is 29.3 Å². The van der Waals surface area contributed by atoms with E-state index in [4.69, 9.17) is 10.00 Å². The maximum Gasteiger partial charge on any atom is 0.128 e. The highest BCUT2D eigenvalue weighted by Crippen LogP contribution is 2.24. The Hall–Kier alpha value is -2.84. The van der Waals surface area contributed by atoms with Crippen LogP contribution >= 0.6 is 15.9 Å². The second-order valence-corrected chi connectivity index (χ2v) is 6.97. The second kappa shape index (κ2) is 9.20. The molecule has 0 bridgehead atoms. The van der Waals surface area contributed by atoms with E-state index in [0.717, 1.165) is 33.7 Å². The smallest absolute Gasteiger partial charge is 0.128 e. The van der Waals surface area contributed by atoms with Crippen LogP contribution < -0.4 is 9.64 Å². The average molecular weight is 422 g/mol. The van der Waals surface area contributed by atoms with Gasteiger partial charge in [0.2, 0.25) is 0 Å². The molecule has 0 aliphatic carbocycles. The second-order valence-electron chi connectivity index (χ2n) is 6.06. The van der Waals surface area contributed by atoms with E-state index in [2.05, 4.69) is 50.9 Å². The maximum absolute atomic E-state index is 8.94. The van der Waals surface area contributed by atoms with Crippen molar-refractivity contribution in [3.05, 3.63) is 88.0 Å². The number of para-hydroxylation sites is 1. The Balaban J connectivity index is 1.74. The molecule has 1 aromatic heterocycles. The highest BCUT2D eigenvalue weighted by Gasteiger charge is 2.11. The molecule has 0 saturated carbocycles. The maximum atomic E-state index is 8.94. The van der Waals surface area contributed by atoms with Crippen LogP contribution in [0.25, 0.3) is 0 Å². The zero-order valence-corrected chi connectivity index (χ0v) is 16.7. The molecular weight excluding hydrogens is 402 g/mol. The predicted octanol–water partition coefficient (Wildman–Crippen LogP) is 5.32. The van der Waals surface area contributed by atoms with Crippen molar-refractivity contribution in [1.82, 2.24) is 4.98 Å². The molecule has 0 spiro atoms. The number of hydrogen-bond acceptors (Lipinski definition) is 4. The fraction of sp³-hybridized carbons (Fsp3) is 0.182. The number of aromatic nitrogens is 1. The molecule has 0 unspecified atom stereocenters. The van der Waals surface area contributed by atoms with Crippen LogP contribution in [0.3, 0.4) is 0 Å². The van der Waals surface area contributed by atoms with Gasteiger partial charge in [-0.05, 0) is 42.8 Å². The van der Waals surface area contributed by atoms with Crippen LogP contribution in [0.2, 0.25) is 0 Å². The summed E-state index contributed by atoms with van der Waals surface area (Å²) in [5.41, 5.74) is 2.77. The summed E-state index contributed by atoms with van der Waals surface area (Å²) in [4.78, 5) is 6.56. The Morgan fingerprint density at radius 2 is 1.96 bits per heavy atom. The van der Waals surface area contributed by atoms with Crippen LogP contribution in [0.5, 0.6) is 5.75 Å². The number of hydrogen-bond donors (Lipinski definition) is 0. The molecule has 0 aliphatic rings. The molecule has 0 N–H and O–H groups in total. The SMILES string of the molecule is CCN(Cc1ccccc1OCc1cccc(Br)c1)c1ccc(C#N)cn1. The molecule has 27 heavy (non-hydrogen) atoms. The Bertz CT molecular complexity index is 935. The minimum atomic E-state index is 0.512. The number of nitriles is 1. The van der Waals surface area contributed by atoms with E-state index in [1.807, 2.05) is 42.5 Å². The fourth-order valence-corrected chi connectivity index (χ4v) is 3.21. The number of ether oxygens (including phenoxy) is 1. The summed E-state index contributed by atoms with van der Waals surface area (Å²) < 4.78 is 7.13. The third kappa shape index (κ3) is 5.08. The molecule has 4 nitrogen and oxygen atoms in total. The molecule has 0 saturated heterocycles. The molecule has 0 atom stereocenters. The Morgan fingerprint density at radius 1 is 1.11 bits per heavy atom. The van der Waals surface area contributed by atoms with E-state index in [1.165, 1.54) is 0 Å². The lowest BCUT2D eigenvalue weighted by molar-refractivity contribution is 0.302. The summed E-state index contributed by atoms with van der Waals surface area (Å²) in [6.07, 6.45) is 1.60. The molecule has 1 heterocycles. The van der Waals surface area contributed by atoms with Gasteiger partial charge in [-0.1, -0.05) is 46.3 Å². The molecule has 3 aromatic rings. The van der Waals surface area contributed by atoms with Gasteiger partial charge in [-0.15, -0.1) is 0 Å². The monoisotopic (exact) mass is 421 g/mol.